The van der Waals surface area contributed by atoms with Gasteiger partial charge in [-0.15, -0.1) is 0 Å². The second-order valence-electron chi connectivity index (χ2n) is 5.67. The lowest BCUT2D eigenvalue weighted by Gasteiger charge is -2.24. The summed E-state index contributed by atoms with van der Waals surface area (Å²) in [6, 6.07) is 8.40. The lowest BCUT2D eigenvalue weighted by molar-refractivity contribution is -0.146. The molecule has 0 radical (unpaired) electrons. The van der Waals surface area contributed by atoms with E-state index in [0.717, 1.165) is 18.7 Å². The molecule has 0 aliphatic rings. The van der Waals surface area contributed by atoms with Crippen LogP contribution in [0.2, 0.25) is 0 Å². The first-order chi connectivity index (χ1) is 9.93. The Kier molecular flexibility index (Phi) is 7.23. The molecule has 0 heterocycles. The van der Waals surface area contributed by atoms with Crippen molar-refractivity contribution >= 4 is 11.7 Å². The van der Waals surface area contributed by atoms with E-state index in [1.165, 1.54) is 5.56 Å². The third-order valence-corrected chi connectivity index (χ3v) is 3.33. The molecule has 21 heavy (non-hydrogen) atoms. The molecule has 1 rings (SSSR count). The molecule has 0 aromatic heterocycles. The van der Waals surface area contributed by atoms with E-state index in [1.807, 2.05) is 27.8 Å². The van der Waals surface area contributed by atoms with Gasteiger partial charge in [0.05, 0.1) is 6.61 Å². The van der Waals surface area contributed by atoms with Crippen LogP contribution < -0.4 is 10.2 Å². The number of rotatable bonds is 8. The van der Waals surface area contributed by atoms with Gasteiger partial charge in [0.15, 0.2) is 0 Å². The van der Waals surface area contributed by atoms with Gasteiger partial charge in [0, 0.05) is 25.3 Å². The minimum Gasteiger partial charge on any atom is -0.465 e. The molecule has 1 aromatic carbocycles. The zero-order valence-electron chi connectivity index (χ0n) is 13.8. The lowest BCUT2D eigenvalue weighted by atomic mass is 10.1. The average molecular weight is 292 g/mol. The number of aryl methyl sites for hydroxylation is 1. The summed E-state index contributed by atoms with van der Waals surface area (Å²) in [5, 5.41) is 3.28. The third-order valence-electron chi connectivity index (χ3n) is 3.33. The van der Waals surface area contributed by atoms with E-state index in [0.29, 0.717) is 6.61 Å². The zero-order chi connectivity index (χ0) is 15.8. The summed E-state index contributed by atoms with van der Waals surface area (Å²) in [6.45, 7) is 9.21. The minimum atomic E-state index is -0.252. The Labute approximate surface area is 128 Å². The molecular weight excluding hydrogens is 264 g/mol. The molecule has 0 spiro atoms. The van der Waals surface area contributed by atoms with Crippen LogP contribution in [0.3, 0.4) is 0 Å². The Morgan fingerprint density at radius 1 is 1.29 bits per heavy atom. The highest BCUT2D eigenvalue weighted by atomic mass is 16.5. The second-order valence-corrected chi connectivity index (χ2v) is 5.67. The van der Waals surface area contributed by atoms with Crippen LogP contribution in [0.15, 0.2) is 24.3 Å². The largest absolute Gasteiger partial charge is 0.465 e. The average Bonchev–Trinajstić information content (AvgIpc) is 2.43. The number of carbonyl (C=O) groups is 1. The standard InChI is InChI=1S/C17H28N2O2/c1-6-21-17(20)16(18-13(2)3)11-12-19(5)15-9-7-14(4)8-10-15/h7-10,13,16,18H,6,11-12H2,1-5H3. The van der Waals surface area contributed by atoms with Crippen LogP contribution in [0.25, 0.3) is 0 Å². The first-order valence-electron chi connectivity index (χ1n) is 7.64. The van der Waals surface area contributed by atoms with E-state index in [9.17, 15) is 4.79 Å². The molecule has 0 aliphatic carbocycles. The molecule has 0 bridgehead atoms. The van der Waals surface area contributed by atoms with E-state index < -0.39 is 0 Å². The minimum absolute atomic E-state index is 0.163. The van der Waals surface area contributed by atoms with E-state index in [1.54, 1.807) is 0 Å². The van der Waals surface area contributed by atoms with Crippen molar-refractivity contribution in [2.75, 3.05) is 25.1 Å². The maximum atomic E-state index is 12.0. The Balaban J connectivity index is 2.58. The van der Waals surface area contributed by atoms with Crippen LogP contribution >= 0.6 is 0 Å². The van der Waals surface area contributed by atoms with Crippen molar-refractivity contribution in [1.29, 1.82) is 0 Å². The van der Waals surface area contributed by atoms with Crippen molar-refractivity contribution in [3.05, 3.63) is 29.8 Å². The van der Waals surface area contributed by atoms with Gasteiger partial charge < -0.3 is 15.0 Å². The van der Waals surface area contributed by atoms with Crippen molar-refractivity contribution < 1.29 is 9.53 Å². The molecule has 0 fully saturated rings. The normalized spacial score (nSPS) is 12.3. The summed E-state index contributed by atoms with van der Waals surface area (Å²) in [5.74, 6) is -0.163. The van der Waals surface area contributed by atoms with Crippen molar-refractivity contribution in [1.82, 2.24) is 5.32 Å². The summed E-state index contributed by atoms with van der Waals surface area (Å²) in [4.78, 5) is 14.1. The molecule has 1 aromatic rings. The molecule has 0 amide bonds. The summed E-state index contributed by atoms with van der Waals surface area (Å²) in [7, 11) is 2.04. The molecule has 1 N–H and O–H groups in total. The van der Waals surface area contributed by atoms with E-state index in [2.05, 4.69) is 41.4 Å². The number of anilines is 1. The van der Waals surface area contributed by atoms with Gasteiger partial charge >= 0.3 is 5.97 Å². The molecule has 1 unspecified atom stereocenters. The molecule has 0 saturated heterocycles. The van der Waals surface area contributed by atoms with Gasteiger partial charge in [-0.05, 0) is 32.4 Å². The number of nitrogens with one attached hydrogen (secondary N) is 1. The molecule has 0 saturated carbocycles. The Hall–Kier alpha value is -1.55. The molecule has 118 valence electrons. The Bertz CT molecular complexity index is 429. The van der Waals surface area contributed by atoms with Gasteiger partial charge in [0.25, 0.3) is 0 Å². The number of carbonyl (C=O) groups excluding carboxylic acids is 1. The van der Waals surface area contributed by atoms with Crippen molar-refractivity contribution in [2.45, 2.75) is 46.2 Å². The van der Waals surface area contributed by atoms with Gasteiger partial charge in [-0.2, -0.15) is 0 Å². The van der Waals surface area contributed by atoms with Crippen LogP contribution in [-0.4, -0.2) is 38.3 Å². The highest BCUT2D eigenvalue weighted by molar-refractivity contribution is 5.75. The van der Waals surface area contributed by atoms with Gasteiger partial charge in [0.2, 0.25) is 0 Å². The Morgan fingerprint density at radius 2 is 1.90 bits per heavy atom. The van der Waals surface area contributed by atoms with Gasteiger partial charge in [-0.1, -0.05) is 31.5 Å². The number of benzene rings is 1. The second kappa shape index (κ2) is 8.67. The number of esters is 1. The van der Waals surface area contributed by atoms with Crippen molar-refractivity contribution in [3.8, 4) is 0 Å². The lowest BCUT2D eigenvalue weighted by Crippen LogP contribution is -2.43. The number of ether oxygens (including phenoxy) is 1. The van der Waals surface area contributed by atoms with Crippen LogP contribution in [0.4, 0.5) is 5.69 Å². The third kappa shape index (κ3) is 6.17. The predicted octanol–water partition coefficient (Wildman–Crippen LogP) is 2.75. The predicted molar refractivity (Wildman–Crippen MR) is 87.8 cm³/mol. The number of hydrogen-bond donors (Lipinski definition) is 1. The zero-order valence-corrected chi connectivity index (χ0v) is 13.8. The van der Waals surface area contributed by atoms with Crippen LogP contribution in [-0.2, 0) is 9.53 Å². The summed E-state index contributed by atoms with van der Waals surface area (Å²) in [5.41, 5.74) is 2.41. The monoisotopic (exact) mass is 292 g/mol. The van der Waals surface area contributed by atoms with Crippen LogP contribution in [0.5, 0.6) is 0 Å². The smallest absolute Gasteiger partial charge is 0.323 e. The molecular formula is C17H28N2O2. The van der Waals surface area contributed by atoms with Gasteiger partial charge in [0.1, 0.15) is 6.04 Å². The fraction of sp³-hybridized carbons (Fsp3) is 0.588. The highest BCUT2D eigenvalue weighted by Crippen LogP contribution is 2.14. The quantitative estimate of drug-likeness (QED) is 0.748. The van der Waals surface area contributed by atoms with E-state index >= 15 is 0 Å². The Morgan fingerprint density at radius 3 is 2.43 bits per heavy atom. The first kappa shape index (κ1) is 17.5. The fourth-order valence-corrected chi connectivity index (χ4v) is 2.17. The van der Waals surface area contributed by atoms with Crippen LogP contribution in [0.1, 0.15) is 32.8 Å². The van der Waals surface area contributed by atoms with Crippen molar-refractivity contribution in [3.63, 3.8) is 0 Å². The van der Waals surface area contributed by atoms with E-state index in [-0.39, 0.29) is 18.1 Å². The summed E-state index contributed by atoms with van der Waals surface area (Å²) in [6.07, 6.45) is 0.724. The molecule has 0 aliphatic heterocycles. The molecule has 4 nitrogen and oxygen atoms in total. The first-order valence-corrected chi connectivity index (χ1v) is 7.64. The maximum Gasteiger partial charge on any atom is 0.323 e. The maximum absolute atomic E-state index is 12.0. The SMILES string of the molecule is CCOC(=O)C(CCN(C)c1ccc(C)cc1)NC(C)C. The van der Waals surface area contributed by atoms with Crippen molar-refractivity contribution in [2.24, 2.45) is 0 Å². The summed E-state index contributed by atoms with van der Waals surface area (Å²) < 4.78 is 5.14. The molecule has 4 heteroatoms. The van der Waals surface area contributed by atoms with Gasteiger partial charge in [-0.3, -0.25) is 4.79 Å². The van der Waals surface area contributed by atoms with Crippen LogP contribution in [0, 0.1) is 6.92 Å². The highest BCUT2D eigenvalue weighted by Gasteiger charge is 2.20. The topological polar surface area (TPSA) is 41.6 Å². The van der Waals surface area contributed by atoms with E-state index in [4.69, 9.17) is 4.74 Å². The fourth-order valence-electron chi connectivity index (χ4n) is 2.17. The number of nitrogens with zero attached hydrogens (tertiary/aromatic N) is 1. The number of hydrogen-bond acceptors (Lipinski definition) is 4. The van der Waals surface area contributed by atoms with Gasteiger partial charge in [-0.25, -0.2) is 0 Å². The molecule has 1 atom stereocenters. The summed E-state index contributed by atoms with van der Waals surface area (Å²) >= 11 is 0.